The number of likely N-dealkylation sites (tertiary alicyclic amines) is 1. The number of rotatable bonds is 25. The molecular formula is C48H45NO18. The molecule has 4 aromatic rings. The van der Waals surface area contributed by atoms with Gasteiger partial charge in [0, 0.05) is 19.2 Å². The van der Waals surface area contributed by atoms with Crippen molar-refractivity contribution in [1.29, 1.82) is 0 Å². The van der Waals surface area contributed by atoms with Crippen molar-refractivity contribution in [3.05, 3.63) is 145 Å². The molecule has 5 rings (SSSR count). The Morgan fingerprint density at radius 1 is 0.478 bits per heavy atom. The highest BCUT2D eigenvalue weighted by Gasteiger charge is 2.49. The molecule has 67 heavy (non-hydrogen) atoms. The molecule has 0 bridgehead atoms. The summed E-state index contributed by atoms with van der Waals surface area (Å²) in [6.07, 6.45) is 0.511. The fraction of sp³-hybridized carbons (Fsp3) is 0.250. The molecule has 0 aliphatic carbocycles. The predicted molar refractivity (Wildman–Crippen MR) is 231 cm³/mol. The van der Waals surface area contributed by atoms with Gasteiger partial charge in [0.25, 0.3) is 5.91 Å². The Morgan fingerprint density at radius 3 is 1.27 bits per heavy atom. The molecule has 0 saturated carbocycles. The van der Waals surface area contributed by atoms with Gasteiger partial charge in [0.05, 0.1) is 48.7 Å². The molecule has 0 N–H and O–H groups in total. The van der Waals surface area contributed by atoms with Gasteiger partial charge in [-0.15, -0.1) is 0 Å². The van der Waals surface area contributed by atoms with Crippen LogP contribution in [0, 0.1) is 5.92 Å². The van der Waals surface area contributed by atoms with Crippen LogP contribution in [0.1, 0.15) is 41.4 Å². The van der Waals surface area contributed by atoms with Crippen molar-refractivity contribution in [1.82, 2.24) is 4.90 Å². The number of carbonyl (C=O) groups is 8. The van der Waals surface area contributed by atoms with Gasteiger partial charge in [0.2, 0.25) is 5.91 Å². The number of likely N-dealkylation sites (N-methyl/N-ethyl adjacent to an activating group) is 1. The van der Waals surface area contributed by atoms with Crippen LogP contribution in [0.5, 0.6) is 23.0 Å². The smallest absolute Gasteiger partial charge is 0.343 e. The summed E-state index contributed by atoms with van der Waals surface area (Å²) in [5, 5.41) is 0. The number of benzene rings is 4. The second-order valence-electron chi connectivity index (χ2n) is 13.8. The average Bonchev–Trinajstić information content (AvgIpc) is 3.54. The lowest BCUT2D eigenvalue weighted by atomic mass is 10.1. The molecule has 1 fully saturated rings. The van der Waals surface area contributed by atoms with E-state index in [1.807, 2.05) is 0 Å². The minimum absolute atomic E-state index is 0.0266. The predicted octanol–water partition coefficient (Wildman–Crippen LogP) is 4.37. The van der Waals surface area contributed by atoms with E-state index in [2.05, 4.69) is 13.2 Å². The van der Waals surface area contributed by atoms with Gasteiger partial charge in [-0.05, 0) is 97.1 Å². The van der Waals surface area contributed by atoms with Gasteiger partial charge in [-0.3, -0.25) is 14.5 Å². The molecule has 19 heteroatoms. The molecule has 1 unspecified atom stereocenters. The first-order valence-corrected chi connectivity index (χ1v) is 20.4. The van der Waals surface area contributed by atoms with E-state index in [9.17, 15) is 38.4 Å². The maximum absolute atomic E-state index is 13.1. The lowest BCUT2D eigenvalue weighted by Crippen LogP contribution is -2.33. The van der Waals surface area contributed by atoms with E-state index in [0.717, 1.165) is 17.1 Å². The van der Waals surface area contributed by atoms with Crippen molar-refractivity contribution in [2.75, 3.05) is 66.5 Å². The zero-order valence-electron chi connectivity index (χ0n) is 36.1. The van der Waals surface area contributed by atoms with Gasteiger partial charge in [0.15, 0.2) is 6.10 Å². The van der Waals surface area contributed by atoms with Gasteiger partial charge in [-0.2, -0.15) is 0 Å². The molecule has 0 aromatic heterocycles. The number of ether oxygens (including phenoxy) is 10. The summed E-state index contributed by atoms with van der Waals surface area (Å²) in [6, 6.07) is 23.0. The zero-order valence-corrected chi connectivity index (χ0v) is 36.1. The Kier molecular flexibility index (Phi) is 18.9. The van der Waals surface area contributed by atoms with E-state index in [0.29, 0.717) is 11.5 Å². The number of nitrogens with zero attached hydrogens (tertiary/aromatic N) is 1. The summed E-state index contributed by atoms with van der Waals surface area (Å²) >= 11 is 0. The standard InChI is InChI=1S/C48H45NO18/c1-4-40(50)62-28-24-58-22-26-60-35-14-6-32(7-15-35)46(55)65-37-18-10-31(11-19-37)45(54)64-30-39-42(44(53)49(3)43(39)52)67-48(57)34-12-20-38(21-13-34)66-47(56)33-8-16-36(17-9-33)61-27-23-59-25-29-63-41(51)5-2/h4-21,39,42H,1-2,22-30H2,3H3/t39?,42-/m1/s1. The van der Waals surface area contributed by atoms with Crippen LogP contribution in [0.25, 0.3) is 0 Å². The highest BCUT2D eigenvalue weighted by Crippen LogP contribution is 2.26. The first-order chi connectivity index (χ1) is 32.4. The summed E-state index contributed by atoms with van der Waals surface area (Å²) in [5.74, 6) is -6.01. The van der Waals surface area contributed by atoms with Crippen molar-refractivity contribution < 1.29 is 85.7 Å². The van der Waals surface area contributed by atoms with Crippen LogP contribution < -0.4 is 18.9 Å². The Labute approximate surface area is 383 Å². The minimum atomic E-state index is -1.60. The van der Waals surface area contributed by atoms with Crippen LogP contribution in [0.2, 0.25) is 0 Å². The summed E-state index contributed by atoms with van der Waals surface area (Å²) < 4.78 is 53.0. The maximum Gasteiger partial charge on any atom is 0.343 e. The van der Waals surface area contributed by atoms with E-state index in [4.69, 9.17) is 47.4 Å². The Balaban J connectivity index is 1.04. The largest absolute Gasteiger partial charge is 0.491 e. The molecule has 350 valence electrons. The summed E-state index contributed by atoms with van der Waals surface area (Å²) in [4.78, 5) is 100. The van der Waals surface area contributed by atoms with E-state index < -0.39 is 66.3 Å². The van der Waals surface area contributed by atoms with Crippen molar-refractivity contribution in [3.8, 4) is 23.0 Å². The van der Waals surface area contributed by atoms with Crippen LogP contribution >= 0.6 is 0 Å². The van der Waals surface area contributed by atoms with Crippen molar-refractivity contribution in [2.24, 2.45) is 5.92 Å². The number of hydrogen-bond donors (Lipinski definition) is 0. The molecule has 0 radical (unpaired) electrons. The molecule has 19 nitrogen and oxygen atoms in total. The molecule has 2 amide bonds. The normalized spacial score (nSPS) is 14.0. The van der Waals surface area contributed by atoms with E-state index in [-0.39, 0.29) is 86.6 Å². The highest BCUT2D eigenvalue weighted by molar-refractivity contribution is 6.08. The van der Waals surface area contributed by atoms with Gasteiger partial charge in [-0.1, -0.05) is 13.2 Å². The summed E-state index contributed by atoms with van der Waals surface area (Å²) in [6.45, 7) is 7.46. The van der Waals surface area contributed by atoms with Crippen LogP contribution in [0.3, 0.4) is 0 Å². The lowest BCUT2D eigenvalue weighted by molar-refractivity contribution is -0.140. The average molecular weight is 924 g/mol. The molecular weight excluding hydrogens is 879 g/mol. The number of carbonyl (C=O) groups excluding carboxylic acids is 8. The van der Waals surface area contributed by atoms with Crippen LogP contribution in [-0.2, 0) is 47.6 Å². The second-order valence-corrected chi connectivity index (χ2v) is 13.8. The van der Waals surface area contributed by atoms with E-state index >= 15 is 0 Å². The van der Waals surface area contributed by atoms with Gasteiger partial charge in [-0.25, -0.2) is 28.8 Å². The van der Waals surface area contributed by atoms with E-state index in [1.165, 1.54) is 79.8 Å². The molecule has 1 aliphatic rings. The Bertz CT molecular complexity index is 2400. The van der Waals surface area contributed by atoms with Gasteiger partial charge >= 0.3 is 35.8 Å². The third-order valence-electron chi connectivity index (χ3n) is 9.27. The second kappa shape index (κ2) is 25.4. The van der Waals surface area contributed by atoms with Gasteiger partial charge in [0.1, 0.15) is 62.0 Å². The first-order valence-electron chi connectivity index (χ1n) is 20.4. The molecule has 1 aliphatic heterocycles. The number of esters is 6. The minimum Gasteiger partial charge on any atom is -0.491 e. The summed E-state index contributed by atoms with van der Waals surface area (Å²) in [5.41, 5.74) is 0.445. The number of hydrogen-bond acceptors (Lipinski definition) is 18. The molecule has 1 saturated heterocycles. The monoisotopic (exact) mass is 923 g/mol. The molecule has 1 heterocycles. The molecule has 4 aromatic carbocycles. The van der Waals surface area contributed by atoms with Crippen LogP contribution in [-0.4, -0.2) is 125 Å². The Morgan fingerprint density at radius 2 is 0.851 bits per heavy atom. The van der Waals surface area contributed by atoms with Crippen LogP contribution in [0.4, 0.5) is 0 Å². The number of imide groups is 1. The third-order valence-corrected chi connectivity index (χ3v) is 9.27. The summed E-state index contributed by atoms with van der Waals surface area (Å²) in [7, 11) is 1.21. The van der Waals surface area contributed by atoms with Crippen molar-refractivity contribution in [2.45, 2.75) is 6.10 Å². The molecule has 0 spiro atoms. The van der Waals surface area contributed by atoms with Crippen molar-refractivity contribution in [3.63, 3.8) is 0 Å². The van der Waals surface area contributed by atoms with Crippen molar-refractivity contribution >= 4 is 47.6 Å². The lowest BCUT2D eigenvalue weighted by Gasteiger charge is -2.16. The molecule has 2 atom stereocenters. The third kappa shape index (κ3) is 15.2. The first kappa shape index (κ1) is 49.8. The fourth-order valence-corrected chi connectivity index (χ4v) is 5.76. The Hall–Kier alpha value is -8.16. The van der Waals surface area contributed by atoms with Crippen LogP contribution in [0.15, 0.2) is 122 Å². The maximum atomic E-state index is 13.1. The number of amides is 2. The highest BCUT2D eigenvalue weighted by atomic mass is 16.6. The topological polar surface area (TPSA) is 232 Å². The quantitative estimate of drug-likeness (QED) is 0.0224. The van der Waals surface area contributed by atoms with E-state index in [1.54, 1.807) is 24.3 Å². The zero-order chi connectivity index (χ0) is 48.1. The SMILES string of the molecule is C=CC(=O)OCCOCCOc1ccc(C(=O)Oc2ccc(C(=O)OCC3C(=O)N(C)C(=O)[C@@H]3OC(=O)c3ccc(OC(=O)c4ccc(OCCOCCOC(=O)C=C)cc4)cc3)cc2)cc1. The fourth-order valence-electron chi connectivity index (χ4n) is 5.76. The van der Waals surface area contributed by atoms with Gasteiger partial charge < -0.3 is 47.4 Å².